The zero-order valence-electron chi connectivity index (χ0n) is 16.6. The number of aromatic carboxylic acids is 1. The number of ether oxygens (including phenoxy) is 2. The Morgan fingerprint density at radius 1 is 1.00 bits per heavy atom. The minimum Gasteiger partial charge on any atom is -0.490 e. The molecular formula is C23H20BrCl2NO4. The third-order valence-electron chi connectivity index (χ3n) is 4.43. The first kappa shape index (κ1) is 23.3. The molecule has 3 rings (SSSR count). The van der Waals surface area contributed by atoms with Gasteiger partial charge < -0.3 is 19.9 Å². The lowest BCUT2D eigenvalue weighted by molar-refractivity contribution is 0.0697. The van der Waals surface area contributed by atoms with E-state index in [1.54, 1.807) is 36.4 Å². The Bertz CT molecular complexity index is 1070. The van der Waals surface area contributed by atoms with Gasteiger partial charge in [0, 0.05) is 32.3 Å². The first-order valence-electron chi connectivity index (χ1n) is 9.46. The second-order valence-electron chi connectivity index (χ2n) is 6.58. The zero-order chi connectivity index (χ0) is 22.4. The van der Waals surface area contributed by atoms with Crippen LogP contribution in [-0.2, 0) is 13.2 Å². The van der Waals surface area contributed by atoms with E-state index in [2.05, 4.69) is 21.2 Å². The lowest BCUT2D eigenvalue weighted by Gasteiger charge is -2.16. The number of nitrogens with one attached hydrogen (secondary N) is 1. The lowest BCUT2D eigenvalue weighted by Crippen LogP contribution is -2.04. The van der Waals surface area contributed by atoms with E-state index >= 15 is 0 Å². The van der Waals surface area contributed by atoms with E-state index in [0.29, 0.717) is 34.7 Å². The van der Waals surface area contributed by atoms with Crippen LogP contribution in [0.25, 0.3) is 0 Å². The highest BCUT2D eigenvalue weighted by atomic mass is 79.9. The summed E-state index contributed by atoms with van der Waals surface area (Å²) >= 11 is 15.8. The molecule has 3 aromatic carbocycles. The van der Waals surface area contributed by atoms with Crippen LogP contribution in [0.3, 0.4) is 0 Å². The molecule has 0 aliphatic heterocycles. The second-order valence-corrected chi connectivity index (χ2v) is 8.28. The number of hydrogen-bond donors (Lipinski definition) is 2. The molecule has 0 spiro atoms. The lowest BCUT2D eigenvalue weighted by atomic mass is 10.1. The highest BCUT2D eigenvalue weighted by Crippen LogP contribution is 2.35. The molecule has 0 aliphatic rings. The van der Waals surface area contributed by atoms with Gasteiger partial charge >= 0.3 is 5.97 Å². The maximum absolute atomic E-state index is 11.0. The number of halogens is 3. The van der Waals surface area contributed by atoms with E-state index < -0.39 is 5.97 Å². The Morgan fingerprint density at radius 2 is 1.71 bits per heavy atom. The molecule has 31 heavy (non-hydrogen) atoms. The summed E-state index contributed by atoms with van der Waals surface area (Å²) in [5.41, 5.74) is 2.84. The van der Waals surface area contributed by atoms with Crippen LogP contribution in [0.4, 0.5) is 5.69 Å². The van der Waals surface area contributed by atoms with Crippen molar-refractivity contribution in [1.82, 2.24) is 0 Å². The number of benzene rings is 3. The fourth-order valence-corrected chi connectivity index (χ4v) is 3.74. The van der Waals surface area contributed by atoms with Crippen LogP contribution >= 0.6 is 39.1 Å². The van der Waals surface area contributed by atoms with Crippen molar-refractivity contribution in [2.45, 2.75) is 20.1 Å². The molecule has 0 unspecified atom stereocenters. The maximum Gasteiger partial charge on any atom is 0.335 e. The number of carboxylic acid groups (broad SMARTS) is 1. The van der Waals surface area contributed by atoms with Crippen LogP contribution in [0.2, 0.25) is 10.0 Å². The Labute approximate surface area is 199 Å². The van der Waals surface area contributed by atoms with E-state index in [1.165, 1.54) is 0 Å². The van der Waals surface area contributed by atoms with Crippen LogP contribution in [-0.4, -0.2) is 17.7 Å². The van der Waals surface area contributed by atoms with Gasteiger partial charge in [0.25, 0.3) is 0 Å². The van der Waals surface area contributed by atoms with Gasteiger partial charge in [-0.05, 0) is 61.0 Å². The zero-order valence-corrected chi connectivity index (χ0v) is 19.7. The fourth-order valence-electron chi connectivity index (χ4n) is 2.82. The van der Waals surface area contributed by atoms with Crippen molar-refractivity contribution in [2.75, 3.05) is 11.9 Å². The van der Waals surface area contributed by atoms with Crippen molar-refractivity contribution in [2.24, 2.45) is 0 Å². The van der Waals surface area contributed by atoms with Crippen molar-refractivity contribution in [3.63, 3.8) is 0 Å². The molecule has 0 radical (unpaired) electrons. The average Bonchev–Trinajstić information content (AvgIpc) is 2.74. The molecule has 0 saturated heterocycles. The summed E-state index contributed by atoms with van der Waals surface area (Å²) in [6.07, 6.45) is 0. The predicted octanol–water partition coefficient (Wildman–Crippen LogP) is 7.04. The average molecular weight is 525 g/mol. The molecule has 0 saturated carbocycles. The SMILES string of the molecule is CCOc1cc(CNc2ccc(C(=O)O)cc2)c(Br)cc1OCc1ccc(Cl)cc1Cl. The van der Waals surface area contributed by atoms with Crippen LogP contribution in [0.5, 0.6) is 11.5 Å². The van der Waals surface area contributed by atoms with Gasteiger partial charge in [-0.25, -0.2) is 4.79 Å². The van der Waals surface area contributed by atoms with Gasteiger partial charge in [0.1, 0.15) is 6.61 Å². The Morgan fingerprint density at radius 3 is 2.35 bits per heavy atom. The summed E-state index contributed by atoms with van der Waals surface area (Å²) in [4.78, 5) is 11.0. The van der Waals surface area contributed by atoms with Gasteiger partial charge in [-0.3, -0.25) is 0 Å². The summed E-state index contributed by atoms with van der Waals surface area (Å²) < 4.78 is 12.6. The van der Waals surface area contributed by atoms with E-state index in [4.69, 9.17) is 37.8 Å². The molecule has 0 amide bonds. The van der Waals surface area contributed by atoms with Gasteiger partial charge in [-0.1, -0.05) is 45.2 Å². The van der Waals surface area contributed by atoms with E-state index in [0.717, 1.165) is 21.3 Å². The largest absolute Gasteiger partial charge is 0.490 e. The predicted molar refractivity (Wildman–Crippen MR) is 127 cm³/mol. The van der Waals surface area contributed by atoms with Crippen LogP contribution in [0.1, 0.15) is 28.4 Å². The van der Waals surface area contributed by atoms with Crippen molar-refractivity contribution in [3.8, 4) is 11.5 Å². The molecule has 0 bridgehead atoms. The summed E-state index contributed by atoms with van der Waals surface area (Å²) in [7, 11) is 0. The number of carbonyl (C=O) groups is 1. The van der Waals surface area contributed by atoms with E-state index in [-0.39, 0.29) is 12.2 Å². The van der Waals surface area contributed by atoms with Gasteiger partial charge in [-0.15, -0.1) is 0 Å². The van der Waals surface area contributed by atoms with Gasteiger partial charge in [0.05, 0.1) is 12.2 Å². The molecule has 0 aliphatic carbocycles. The first-order valence-corrected chi connectivity index (χ1v) is 11.0. The number of anilines is 1. The molecule has 3 aromatic rings. The van der Waals surface area contributed by atoms with E-state index in [9.17, 15) is 4.79 Å². The molecule has 0 aromatic heterocycles. The number of rotatable bonds is 9. The smallest absolute Gasteiger partial charge is 0.335 e. The quantitative estimate of drug-likeness (QED) is 0.314. The van der Waals surface area contributed by atoms with Crippen LogP contribution < -0.4 is 14.8 Å². The fraction of sp³-hybridized carbons (Fsp3) is 0.174. The molecule has 5 nitrogen and oxygen atoms in total. The molecular weight excluding hydrogens is 505 g/mol. The normalized spacial score (nSPS) is 10.6. The highest BCUT2D eigenvalue weighted by Gasteiger charge is 2.13. The van der Waals surface area contributed by atoms with Crippen molar-refractivity contribution >= 4 is 50.8 Å². The molecule has 2 N–H and O–H groups in total. The molecule has 0 atom stereocenters. The number of hydrogen-bond acceptors (Lipinski definition) is 4. The monoisotopic (exact) mass is 523 g/mol. The Kier molecular flexibility index (Phi) is 8.07. The minimum absolute atomic E-state index is 0.243. The van der Waals surface area contributed by atoms with E-state index in [1.807, 2.05) is 25.1 Å². The molecule has 0 heterocycles. The third-order valence-corrected chi connectivity index (χ3v) is 5.75. The van der Waals surface area contributed by atoms with Gasteiger partial charge in [-0.2, -0.15) is 0 Å². The third kappa shape index (κ3) is 6.29. The number of carboxylic acids is 1. The summed E-state index contributed by atoms with van der Waals surface area (Å²) in [6.45, 7) is 3.18. The molecule has 0 fully saturated rings. The standard InChI is InChI=1S/C23H20BrCl2NO4/c1-2-30-21-9-16(12-27-18-7-4-14(5-8-18)23(28)29)19(24)11-22(21)31-13-15-3-6-17(25)10-20(15)26/h3-11,27H,2,12-13H2,1H3,(H,28,29). The van der Waals surface area contributed by atoms with Crippen LogP contribution in [0, 0.1) is 0 Å². The van der Waals surface area contributed by atoms with Crippen molar-refractivity contribution in [3.05, 3.63) is 85.8 Å². The van der Waals surface area contributed by atoms with Gasteiger partial charge in [0.2, 0.25) is 0 Å². The summed E-state index contributed by atoms with van der Waals surface area (Å²) in [6, 6.07) is 15.6. The van der Waals surface area contributed by atoms with Crippen LogP contribution in [0.15, 0.2) is 59.1 Å². The first-order chi connectivity index (χ1) is 14.9. The molecule has 162 valence electrons. The van der Waals surface area contributed by atoms with Crippen molar-refractivity contribution in [1.29, 1.82) is 0 Å². The minimum atomic E-state index is -0.953. The Balaban J connectivity index is 1.73. The summed E-state index contributed by atoms with van der Waals surface area (Å²) in [5.74, 6) is 0.259. The maximum atomic E-state index is 11.0. The highest BCUT2D eigenvalue weighted by molar-refractivity contribution is 9.10. The molecule has 8 heteroatoms. The van der Waals surface area contributed by atoms with Gasteiger partial charge in [0.15, 0.2) is 11.5 Å². The van der Waals surface area contributed by atoms with Crippen molar-refractivity contribution < 1.29 is 19.4 Å². The Hall–Kier alpha value is -2.41. The summed E-state index contributed by atoms with van der Waals surface area (Å²) in [5, 5.41) is 13.4. The second kappa shape index (κ2) is 10.8. The topological polar surface area (TPSA) is 67.8 Å².